The second kappa shape index (κ2) is 9.49. The Hall–Kier alpha value is -2.97. The molecule has 8 heteroatoms. The first-order chi connectivity index (χ1) is 15.9. The number of fused-ring (bicyclic) bond motifs is 1. The normalized spacial score (nSPS) is 15.0. The zero-order valence-electron chi connectivity index (χ0n) is 18.8. The van der Waals surface area contributed by atoms with Gasteiger partial charge in [-0.15, -0.1) is 0 Å². The van der Waals surface area contributed by atoms with E-state index < -0.39 is 21.8 Å². The highest BCUT2D eigenvalue weighted by atomic mass is 32.2. The number of ketones is 1. The minimum atomic E-state index is -3.76. The van der Waals surface area contributed by atoms with Crippen LogP contribution in [0, 0.1) is 0 Å². The van der Waals surface area contributed by atoms with Gasteiger partial charge in [0.1, 0.15) is 0 Å². The van der Waals surface area contributed by atoms with Crippen molar-refractivity contribution in [3.8, 4) is 11.3 Å². The van der Waals surface area contributed by atoms with Gasteiger partial charge < -0.3 is 9.72 Å². The summed E-state index contributed by atoms with van der Waals surface area (Å²) < 4.78 is 34.2. The maximum atomic E-state index is 13.3. The molecule has 2 aromatic carbocycles. The summed E-state index contributed by atoms with van der Waals surface area (Å²) in [6, 6.07) is 12.2. The molecule has 0 atom stereocenters. The van der Waals surface area contributed by atoms with E-state index in [0.29, 0.717) is 34.1 Å². The Balaban J connectivity index is 1.84. The Bertz CT molecular complexity index is 1300. The molecule has 0 aliphatic heterocycles. The van der Waals surface area contributed by atoms with E-state index in [4.69, 9.17) is 0 Å². The predicted molar refractivity (Wildman–Crippen MR) is 127 cm³/mol. The van der Waals surface area contributed by atoms with Crippen LogP contribution in [0.4, 0.5) is 0 Å². The highest BCUT2D eigenvalue weighted by molar-refractivity contribution is 7.89. The molecule has 0 amide bonds. The number of methoxy groups -OCH3 is 1. The summed E-state index contributed by atoms with van der Waals surface area (Å²) in [6.45, 7) is 1.91. The minimum absolute atomic E-state index is 0.0679. The number of nitrogens with one attached hydrogen (secondary N) is 2. The number of esters is 1. The maximum Gasteiger partial charge on any atom is 0.379 e. The monoisotopic (exact) mass is 468 g/mol. The summed E-state index contributed by atoms with van der Waals surface area (Å²) >= 11 is 0. The molecular formula is C25H28N2O5S. The molecule has 1 heterocycles. The van der Waals surface area contributed by atoms with E-state index in [0.717, 1.165) is 39.2 Å². The van der Waals surface area contributed by atoms with E-state index in [2.05, 4.69) is 14.4 Å². The van der Waals surface area contributed by atoms with Crippen LogP contribution >= 0.6 is 0 Å². The minimum Gasteiger partial charge on any atom is -0.463 e. The number of para-hydroxylation sites is 1. The number of carbonyl (C=O) groups excluding carboxylic acids is 2. The number of aromatic amines is 1. The van der Waals surface area contributed by atoms with Gasteiger partial charge in [-0.05, 0) is 37.0 Å². The van der Waals surface area contributed by atoms with Crippen LogP contribution in [0.5, 0.6) is 0 Å². The molecule has 1 aromatic heterocycles. The molecule has 0 spiro atoms. The molecule has 0 radical (unpaired) electrons. The van der Waals surface area contributed by atoms with Crippen LogP contribution in [0.2, 0.25) is 0 Å². The number of hydrogen-bond donors (Lipinski definition) is 2. The zero-order valence-corrected chi connectivity index (χ0v) is 19.6. The quantitative estimate of drug-likeness (QED) is 0.304. The van der Waals surface area contributed by atoms with Gasteiger partial charge in [0, 0.05) is 22.5 Å². The summed E-state index contributed by atoms with van der Waals surface area (Å²) in [5.74, 6) is -1.76. The number of Topliss-reactive ketones (excluding diaryl/α,β-unsaturated/α-hetero) is 1. The van der Waals surface area contributed by atoms with Gasteiger partial charge in [-0.25, -0.2) is 17.9 Å². The Kier molecular flexibility index (Phi) is 6.67. The van der Waals surface area contributed by atoms with Gasteiger partial charge in [0.05, 0.1) is 23.3 Å². The molecular weight excluding hydrogens is 440 g/mol. The lowest BCUT2D eigenvalue weighted by atomic mass is 9.96. The number of H-pyrrole nitrogens is 1. The van der Waals surface area contributed by atoms with E-state index in [9.17, 15) is 18.0 Å². The third kappa shape index (κ3) is 4.58. The van der Waals surface area contributed by atoms with E-state index >= 15 is 0 Å². The largest absolute Gasteiger partial charge is 0.463 e. The standard InChI is InChI=1S/C25H28N2O5S/c1-3-16-13-14-17(15-21(16)33(30,31)27-18-9-5-4-6-10-18)23-22(24(28)25(29)32-2)19-11-7-8-12-20(19)26-23/h7-8,11-15,18,26-27H,3-6,9-10H2,1-2H3. The van der Waals surface area contributed by atoms with Crippen LogP contribution in [0.25, 0.3) is 22.2 Å². The van der Waals surface area contributed by atoms with Gasteiger partial charge in [-0.3, -0.25) is 4.79 Å². The molecule has 1 fully saturated rings. The SMILES string of the molecule is CCc1ccc(-c2[nH]c3ccccc3c2C(=O)C(=O)OC)cc1S(=O)(=O)NC1CCCCC1. The molecule has 4 rings (SSSR count). The lowest BCUT2D eigenvalue weighted by Gasteiger charge is -2.23. The van der Waals surface area contributed by atoms with E-state index in [-0.39, 0.29) is 16.5 Å². The topological polar surface area (TPSA) is 105 Å². The van der Waals surface area contributed by atoms with Gasteiger partial charge in [-0.1, -0.05) is 56.5 Å². The molecule has 1 aliphatic rings. The van der Waals surface area contributed by atoms with E-state index in [1.54, 1.807) is 36.4 Å². The molecule has 1 aliphatic carbocycles. The lowest BCUT2D eigenvalue weighted by molar-refractivity contribution is -0.135. The average Bonchev–Trinajstić information content (AvgIpc) is 3.22. The summed E-state index contributed by atoms with van der Waals surface area (Å²) in [6.07, 6.45) is 5.37. The van der Waals surface area contributed by atoms with Crippen molar-refractivity contribution in [2.45, 2.75) is 56.4 Å². The fourth-order valence-electron chi connectivity index (χ4n) is 4.54. The van der Waals surface area contributed by atoms with Crippen molar-refractivity contribution >= 4 is 32.7 Å². The van der Waals surface area contributed by atoms with Crippen LogP contribution in [-0.4, -0.2) is 38.3 Å². The van der Waals surface area contributed by atoms with Crippen molar-refractivity contribution in [1.82, 2.24) is 9.71 Å². The van der Waals surface area contributed by atoms with E-state index in [1.165, 1.54) is 0 Å². The first kappa shape index (κ1) is 23.2. The molecule has 1 saturated carbocycles. The summed E-state index contributed by atoms with van der Waals surface area (Å²) in [5, 5.41) is 0.576. The molecule has 0 unspecified atom stereocenters. The molecule has 0 saturated heterocycles. The van der Waals surface area contributed by atoms with Crippen LogP contribution in [-0.2, 0) is 26.0 Å². The van der Waals surface area contributed by atoms with Gasteiger partial charge in [0.15, 0.2) is 0 Å². The van der Waals surface area contributed by atoms with Crippen LogP contribution < -0.4 is 4.72 Å². The number of carbonyl (C=O) groups is 2. The Morgan fingerprint density at radius 2 is 1.82 bits per heavy atom. The second-order valence-corrected chi connectivity index (χ2v) is 10.1. The Morgan fingerprint density at radius 3 is 2.52 bits per heavy atom. The van der Waals surface area contributed by atoms with Crippen molar-refractivity contribution in [2.75, 3.05) is 7.11 Å². The Morgan fingerprint density at radius 1 is 1.09 bits per heavy atom. The fraction of sp³-hybridized carbons (Fsp3) is 0.360. The fourth-order valence-corrected chi connectivity index (χ4v) is 6.19. The first-order valence-electron chi connectivity index (χ1n) is 11.2. The van der Waals surface area contributed by atoms with Gasteiger partial charge >= 0.3 is 5.97 Å². The number of aryl methyl sites for hydroxylation is 1. The second-order valence-electron chi connectivity index (χ2n) is 8.37. The third-order valence-corrected chi connectivity index (χ3v) is 7.86. The third-order valence-electron chi connectivity index (χ3n) is 6.26. The number of aromatic nitrogens is 1. The van der Waals surface area contributed by atoms with Gasteiger partial charge in [0.25, 0.3) is 5.78 Å². The number of benzene rings is 2. The Labute approximate surface area is 193 Å². The van der Waals surface area contributed by atoms with Crippen molar-refractivity contribution in [1.29, 1.82) is 0 Å². The van der Waals surface area contributed by atoms with Crippen LogP contribution in [0.1, 0.15) is 54.9 Å². The van der Waals surface area contributed by atoms with Crippen LogP contribution in [0.15, 0.2) is 47.4 Å². The van der Waals surface area contributed by atoms with Crippen molar-refractivity contribution < 1.29 is 22.7 Å². The maximum absolute atomic E-state index is 13.3. The van der Waals surface area contributed by atoms with Crippen molar-refractivity contribution in [3.05, 3.63) is 53.6 Å². The zero-order chi connectivity index (χ0) is 23.6. The predicted octanol–water partition coefficient (Wildman–Crippen LogP) is 4.36. The number of sulfonamides is 1. The van der Waals surface area contributed by atoms with Crippen molar-refractivity contribution in [3.63, 3.8) is 0 Å². The molecule has 3 aromatic rings. The first-order valence-corrected chi connectivity index (χ1v) is 12.7. The summed E-state index contributed by atoms with van der Waals surface area (Å²) in [7, 11) is -2.60. The lowest BCUT2D eigenvalue weighted by Crippen LogP contribution is -2.36. The highest BCUT2D eigenvalue weighted by Crippen LogP contribution is 2.33. The van der Waals surface area contributed by atoms with Gasteiger partial charge in [0.2, 0.25) is 10.0 Å². The molecule has 7 nitrogen and oxygen atoms in total. The summed E-state index contributed by atoms with van der Waals surface area (Å²) in [5.41, 5.74) is 2.44. The summed E-state index contributed by atoms with van der Waals surface area (Å²) in [4.78, 5) is 28.4. The van der Waals surface area contributed by atoms with Crippen LogP contribution in [0.3, 0.4) is 0 Å². The highest BCUT2D eigenvalue weighted by Gasteiger charge is 2.28. The number of ether oxygens (including phenoxy) is 1. The average molecular weight is 469 g/mol. The molecule has 33 heavy (non-hydrogen) atoms. The smallest absolute Gasteiger partial charge is 0.379 e. The number of rotatable bonds is 7. The molecule has 2 N–H and O–H groups in total. The van der Waals surface area contributed by atoms with Gasteiger partial charge in [-0.2, -0.15) is 0 Å². The van der Waals surface area contributed by atoms with Crippen molar-refractivity contribution in [2.24, 2.45) is 0 Å². The number of hydrogen-bond acceptors (Lipinski definition) is 5. The van der Waals surface area contributed by atoms with E-state index in [1.807, 2.05) is 13.0 Å². The molecule has 0 bridgehead atoms. The molecule has 174 valence electrons.